The van der Waals surface area contributed by atoms with Gasteiger partial charge in [-0.25, -0.2) is 23.4 Å². The van der Waals surface area contributed by atoms with Crippen LogP contribution in [-0.4, -0.2) is 48.6 Å². The van der Waals surface area contributed by atoms with Gasteiger partial charge in [0.05, 0.1) is 6.54 Å². The van der Waals surface area contributed by atoms with Crippen LogP contribution in [0.1, 0.15) is 12.5 Å². The van der Waals surface area contributed by atoms with Crippen molar-refractivity contribution in [3.05, 3.63) is 72.3 Å². The van der Waals surface area contributed by atoms with E-state index in [0.717, 1.165) is 23.4 Å². The molecule has 0 fully saturated rings. The second kappa shape index (κ2) is 9.54. The van der Waals surface area contributed by atoms with Crippen molar-refractivity contribution in [3.8, 4) is 11.4 Å². The normalized spacial score (nSPS) is 14.1. The molecule has 7 nitrogen and oxygen atoms in total. The SMILES string of the molecule is C[C@@H](Sc1nc(-c2ccc(N(C)C)cc2)ns1)[C@](O)(Cn1cncn1)c1ccc(F)cc1F. The van der Waals surface area contributed by atoms with E-state index in [0.29, 0.717) is 10.2 Å². The molecule has 0 unspecified atom stereocenters. The molecule has 1 N–H and O–H groups in total. The minimum atomic E-state index is -1.71. The number of aromatic nitrogens is 5. The number of aliphatic hydroxyl groups is 1. The van der Waals surface area contributed by atoms with E-state index in [-0.39, 0.29) is 12.1 Å². The molecule has 2 heterocycles. The first-order chi connectivity index (χ1) is 15.8. The van der Waals surface area contributed by atoms with Crippen molar-refractivity contribution in [1.82, 2.24) is 24.1 Å². The molecule has 4 aromatic rings. The fourth-order valence-corrected chi connectivity index (χ4v) is 5.36. The van der Waals surface area contributed by atoms with Crippen LogP contribution in [0.3, 0.4) is 0 Å². The predicted molar refractivity (Wildman–Crippen MR) is 125 cm³/mol. The molecule has 0 saturated carbocycles. The van der Waals surface area contributed by atoms with Crippen LogP contribution in [0.15, 0.2) is 59.5 Å². The van der Waals surface area contributed by atoms with Crippen LogP contribution < -0.4 is 4.90 Å². The Morgan fingerprint density at radius 1 is 1.18 bits per heavy atom. The molecular formula is C22H22F2N6OS2. The molecule has 0 amide bonds. The summed E-state index contributed by atoms with van der Waals surface area (Å²) in [6, 6.07) is 11.0. The average Bonchev–Trinajstić information content (AvgIpc) is 3.46. The highest BCUT2D eigenvalue weighted by Gasteiger charge is 2.40. The standard InChI is InChI=1S/C22H22F2N6OS2/c1-14(32-21-27-20(28-33-21)15-4-7-17(8-5-15)29(2)3)22(31,11-30-13-25-12-26-30)18-9-6-16(23)10-19(18)24/h4-10,12-14,31H,11H2,1-3H3/t14-,22-/m1/s1. The molecule has 0 bridgehead atoms. The average molecular weight is 489 g/mol. The topological polar surface area (TPSA) is 80.0 Å². The minimum absolute atomic E-state index is 0.0246. The highest BCUT2D eigenvalue weighted by atomic mass is 32.2. The van der Waals surface area contributed by atoms with Gasteiger partial charge in [0.25, 0.3) is 0 Å². The van der Waals surface area contributed by atoms with Crippen LogP contribution in [0.5, 0.6) is 0 Å². The van der Waals surface area contributed by atoms with Crippen molar-refractivity contribution >= 4 is 29.0 Å². The first-order valence-electron chi connectivity index (χ1n) is 10.0. The van der Waals surface area contributed by atoms with E-state index >= 15 is 0 Å². The number of hydrogen-bond donors (Lipinski definition) is 1. The first kappa shape index (κ1) is 23.3. The second-order valence-electron chi connectivity index (χ2n) is 7.73. The van der Waals surface area contributed by atoms with Gasteiger partial charge in [-0.2, -0.15) is 9.47 Å². The highest BCUT2D eigenvalue weighted by molar-refractivity contribution is 8.01. The fraction of sp³-hybridized carbons (Fsp3) is 0.273. The van der Waals surface area contributed by atoms with Gasteiger partial charge in [-0.1, -0.05) is 17.8 Å². The third-order valence-electron chi connectivity index (χ3n) is 5.27. The van der Waals surface area contributed by atoms with Gasteiger partial charge in [-0.3, -0.25) is 0 Å². The molecule has 2 aromatic carbocycles. The molecule has 0 spiro atoms. The molecule has 2 atom stereocenters. The van der Waals surface area contributed by atoms with Gasteiger partial charge >= 0.3 is 0 Å². The maximum atomic E-state index is 14.7. The highest BCUT2D eigenvalue weighted by Crippen LogP contribution is 2.40. The van der Waals surface area contributed by atoms with Crippen LogP contribution in [-0.2, 0) is 12.1 Å². The van der Waals surface area contributed by atoms with Gasteiger partial charge < -0.3 is 10.0 Å². The number of thioether (sulfide) groups is 1. The zero-order chi connectivity index (χ0) is 23.6. The maximum Gasteiger partial charge on any atom is 0.174 e. The van der Waals surface area contributed by atoms with Gasteiger partial charge in [0.2, 0.25) is 0 Å². The third-order valence-corrected chi connectivity index (χ3v) is 7.33. The van der Waals surface area contributed by atoms with Gasteiger partial charge in [-0.15, -0.1) is 0 Å². The summed E-state index contributed by atoms with van der Waals surface area (Å²) in [7, 11) is 3.94. The predicted octanol–water partition coefficient (Wildman–Crippen LogP) is 4.21. The minimum Gasteiger partial charge on any atom is -0.382 e. The smallest absolute Gasteiger partial charge is 0.174 e. The number of nitrogens with zero attached hydrogens (tertiary/aromatic N) is 6. The summed E-state index contributed by atoms with van der Waals surface area (Å²) in [5.41, 5.74) is 0.203. The van der Waals surface area contributed by atoms with Crippen molar-refractivity contribution in [2.75, 3.05) is 19.0 Å². The molecule has 0 radical (unpaired) electrons. The lowest BCUT2D eigenvalue weighted by Crippen LogP contribution is -2.41. The zero-order valence-electron chi connectivity index (χ0n) is 18.2. The molecule has 2 aromatic heterocycles. The summed E-state index contributed by atoms with van der Waals surface area (Å²) in [4.78, 5) is 10.5. The summed E-state index contributed by atoms with van der Waals surface area (Å²) < 4.78 is 34.7. The van der Waals surface area contributed by atoms with E-state index in [9.17, 15) is 13.9 Å². The Balaban J connectivity index is 1.60. The fourth-order valence-electron chi connectivity index (χ4n) is 3.37. The number of hydrogen-bond acceptors (Lipinski definition) is 8. The Bertz CT molecular complexity index is 1220. The van der Waals surface area contributed by atoms with Gasteiger partial charge in [0.15, 0.2) is 10.2 Å². The van der Waals surface area contributed by atoms with Crippen LogP contribution in [0, 0.1) is 11.6 Å². The lowest BCUT2D eigenvalue weighted by Gasteiger charge is -2.33. The van der Waals surface area contributed by atoms with Crippen LogP contribution >= 0.6 is 23.3 Å². The number of anilines is 1. The Morgan fingerprint density at radius 3 is 2.58 bits per heavy atom. The maximum absolute atomic E-state index is 14.7. The van der Waals surface area contributed by atoms with E-state index < -0.39 is 22.5 Å². The lowest BCUT2D eigenvalue weighted by atomic mass is 9.90. The molecule has 0 saturated heterocycles. The molecule has 0 aliphatic carbocycles. The summed E-state index contributed by atoms with van der Waals surface area (Å²) in [5, 5.41) is 15.1. The second-order valence-corrected chi connectivity index (χ2v) is 10.1. The van der Waals surface area contributed by atoms with E-state index in [2.05, 4.69) is 19.4 Å². The zero-order valence-corrected chi connectivity index (χ0v) is 19.8. The Labute approximate surface area is 198 Å². The lowest BCUT2D eigenvalue weighted by molar-refractivity contribution is 0.0133. The molecular weight excluding hydrogens is 466 g/mol. The molecule has 11 heteroatoms. The molecule has 0 aliphatic rings. The summed E-state index contributed by atoms with van der Waals surface area (Å²) in [5.74, 6) is -0.967. The van der Waals surface area contributed by atoms with Crippen molar-refractivity contribution in [3.63, 3.8) is 0 Å². The molecule has 33 heavy (non-hydrogen) atoms. The third kappa shape index (κ3) is 5.05. The van der Waals surface area contributed by atoms with E-state index in [1.54, 1.807) is 6.92 Å². The number of benzene rings is 2. The molecule has 172 valence electrons. The summed E-state index contributed by atoms with van der Waals surface area (Å²) in [6.07, 6.45) is 2.77. The molecule has 4 rings (SSSR count). The van der Waals surface area contributed by atoms with E-state index in [1.807, 2.05) is 43.3 Å². The Kier molecular flexibility index (Phi) is 6.73. The van der Waals surface area contributed by atoms with Crippen LogP contribution in [0.25, 0.3) is 11.4 Å². The largest absolute Gasteiger partial charge is 0.382 e. The van der Waals surface area contributed by atoms with E-state index in [4.69, 9.17) is 0 Å². The van der Waals surface area contributed by atoms with Crippen molar-refractivity contribution in [2.45, 2.75) is 28.7 Å². The number of halogens is 2. The first-order valence-corrected chi connectivity index (χ1v) is 11.7. The van der Waals surface area contributed by atoms with Gasteiger partial charge in [-0.05, 0) is 48.8 Å². The monoisotopic (exact) mass is 488 g/mol. The van der Waals surface area contributed by atoms with Crippen LogP contribution in [0.2, 0.25) is 0 Å². The van der Waals surface area contributed by atoms with Crippen molar-refractivity contribution < 1.29 is 13.9 Å². The van der Waals surface area contributed by atoms with Gasteiger partial charge in [0, 0.05) is 42.2 Å². The Hall–Kier alpha value is -2.89. The molecule has 0 aliphatic heterocycles. The Morgan fingerprint density at radius 2 is 1.94 bits per heavy atom. The van der Waals surface area contributed by atoms with Crippen LogP contribution in [0.4, 0.5) is 14.5 Å². The quantitative estimate of drug-likeness (QED) is 0.372. The summed E-state index contributed by atoms with van der Waals surface area (Å²) >= 11 is 2.47. The van der Waals surface area contributed by atoms with Gasteiger partial charge in [0.1, 0.15) is 29.9 Å². The summed E-state index contributed by atoms with van der Waals surface area (Å²) in [6.45, 7) is 1.69. The number of rotatable bonds is 8. The van der Waals surface area contributed by atoms with Crippen molar-refractivity contribution in [2.24, 2.45) is 0 Å². The van der Waals surface area contributed by atoms with E-state index in [1.165, 1.54) is 46.7 Å². The van der Waals surface area contributed by atoms with Crippen molar-refractivity contribution in [1.29, 1.82) is 0 Å².